The number of carbonyl (C=O) groups excluding carboxylic acids is 1. The number of nitrogens with zero attached hydrogens (tertiary/aromatic N) is 2. The second kappa shape index (κ2) is 5.94. The SMILES string of the molecule is CC(C1CC1)N(C)C(=O)N(CC(=O)O)c1ccccc1. The minimum atomic E-state index is -1.02. The number of aliphatic carboxylic acids is 1. The number of hydrogen-bond acceptors (Lipinski definition) is 2. The van der Waals surface area contributed by atoms with Crippen molar-refractivity contribution >= 4 is 17.7 Å². The van der Waals surface area contributed by atoms with E-state index >= 15 is 0 Å². The summed E-state index contributed by atoms with van der Waals surface area (Å²) in [7, 11) is 1.74. The molecule has 1 aliphatic rings. The fourth-order valence-corrected chi connectivity index (χ4v) is 2.27. The first-order chi connectivity index (χ1) is 9.50. The van der Waals surface area contributed by atoms with Crippen LogP contribution >= 0.6 is 0 Å². The van der Waals surface area contributed by atoms with E-state index in [1.807, 2.05) is 13.0 Å². The predicted molar refractivity (Wildman–Crippen MR) is 76.8 cm³/mol. The minimum Gasteiger partial charge on any atom is -0.480 e. The average molecular weight is 276 g/mol. The zero-order chi connectivity index (χ0) is 14.7. The Labute approximate surface area is 118 Å². The third kappa shape index (κ3) is 3.29. The van der Waals surface area contributed by atoms with E-state index < -0.39 is 5.97 Å². The van der Waals surface area contributed by atoms with E-state index in [-0.39, 0.29) is 18.6 Å². The molecule has 1 saturated carbocycles. The number of urea groups is 1. The molecule has 5 heteroatoms. The topological polar surface area (TPSA) is 60.9 Å². The van der Waals surface area contributed by atoms with Gasteiger partial charge in [0.25, 0.3) is 0 Å². The van der Waals surface area contributed by atoms with E-state index in [4.69, 9.17) is 5.11 Å². The number of carboxylic acid groups (broad SMARTS) is 1. The molecule has 1 aliphatic carbocycles. The summed E-state index contributed by atoms with van der Waals surface area (Å²) >= 11 is 0. The molecule has 0 radical (unpaired) electrons. The van der Waals surface area contributed by atoms with Gasteiger partial charge in [-0.15, -0.1) is 0 Å². The number of rotatable bonds is 5. The highest BCUT2D eigenvalue weighted by Crippen LogP contribution is 2.35. The zero-order valence-electron chi connectivity index (χ0n) is 11.8. The lowest BCUT2D eigenvalue weighted by Crippen LogP contribution is -2.47. The van der Waals surface area contributed by atoms with E-state index in [1.165, 1.54) is 4.90 Å². The maximum absolute atomic E-state index is 12.5. The Hall–Kier alpha value is -2.04. The van der Waals surface area contributed by atoms with Crippen LogP contribution in [0.15, 0.2) is 30.3 Å². The van der Waals surface area contributed by atoms with Gasteiger partial charge in [-0.05, 0) is 37.8 Å². The molecule has 2 rings (SSSR count). The molecule has 0 aliphatic heterocycles. The monoisotopic (exact) mass is 276 g/mol. The summed E-state index contributed by atoms with van der Waals surface area (Å²) in [6.07, 6.45) is 2.28. The molecular formula is C15H20N2O3. The van der Waals surface area contributed by atoms with Crippen LogP contribution in [0.5, 0.6) is 0 Å². The highest BCUT2D eigenvalue weighted by molar-refractivity contribution is 5.96. The lowest BCUT2D eigenvalue weighted by atomic mass is 10.2. The van der Waals surface area contributed by atoms with Crippen LogP contribution in [0.1, 0.15) is 19.8 Å². The molecule has 1 atom stereocenters. The van der Waals surface area contributed by atoms with E-state index in [0.29, 0.717) is 11.6 Å². The Morgan fingerprint density at radius 2 is 1.90 bits per heavy atom. The van der Waals surface area contributed by atoms with Gasteiger partial charge in [-0.1, -0.05) is 18.2 Å². The normalized spacial score (nSPS) is 15.5. The van der Waals surface area contributed by atoms with Crippen molar-refractivity contribution in [1.82, 2.24) is 4.90 Å². The average Bonchev–Trinajstić information content (AvgIpc) is 3.27. The second-order valence-electron chi connectivity index (χ2n) is 5.29. The molecule has 1 N–H and O–H groups in total. The van der Waals surface area contributed by atoms with E-state index in [2.05, 4.69) is 0 Å². The van der Waals surface area contributed by atoms with Gasteiger partial charge in [0.1, 0.15) is 6.54 Å². The first-order valence-corrected chi connectivity index (χ1v) is 6.82. The van der Waals surface area contributed by atoms with Crippen molar-refractivity contribution in [3.63, 3.8) is 0 Å². The molecule has 1 fully saturated rings. The van der Waals surface area contributed by atoms with Crippen molar-refractivity contribution in [3.8, 4) is 0 Å². The summed E-state index contributed by atoms with van der Waals surface area (Å²) < 4.78 is 0. The fraction of sp³-hybridized carbons (Fsp3) is 0.467. The molecule has 1 unspecified atom stereocenters. The van der Waals surface area contributed by atoms with Crippen LogP contribution in [0.4, 0.5) is 10.5 Å². The van der Waals surface area contributed by atoms with Crippen molar-refractivity contribution < 1.29 is 14.7 Å². The van der Waals surface area contributed by atoms with Gasteiger partial charge >= 0.3 is 12.0 Å². The van der Waals surface area contributed by atoms with Crippen molar-refractivity contribution in [2.24, 2.45) is 5.92 Å². The van der Waals surface area contributed by atoms with Gasteiger partial charge in [-0.25, -0.2) is 4.79 Å². The smallest absolute Gasteiger partial charge is 0.325 e. The molecule has 1 aromatic rings. The van der Waals surface area contributed by atoms with Gasteiger partial charge in [-0.3, -0.25) is 9.69 Å². The minimum absolute atomic E-state index is 0.141. The molecule has 0 aromatic heterocycles. The van der Waals surface area contributed by atoms with Gasteiger partial charge in [-0.2, -0.15) is 0 Å². The van der Waals surface area contributed by atoms with Crippen molar-refractivity contribution in [3.05, 3.63) is 30.3 Å². The zero-order valence-corrected chi connectivity index (χ0v) is 11.8. The largest absolute Gasteiger partial charge is 0.480 e. The van der Waals surface area contributed by atoms with Gasteiger partial charge in [0.2, 0.25) is 0 Å². The van der Waals surface area contributed by atoms with Crippen LogP contribution in [0, 0.1) is 5.92 Å². The van der Waals surface area contributed by atoms with Gasteiger partial charge in [0, 0.05) is 18.8 Å². The fourth-order valence-electron chi connectivity index (χ4n) is 2.27. The number of carbonyl (C=O) groups is 2. The highest BCUT2D eigenvalue weighted by Gasteiger charge is 2.34. The van der Waals surface area contributed by atoms with Crippen LogP contribution in [-0.2, 0) is 4.79 Å². The Balaban J connectivity index is 2.17. The number of hydrogen-bond donors (Lipinski definition) is 1. The third-order valence-electron chi connectivity index (χ3n) is 3.81. The van der Waals surface area contributed by atoms with Gasteiger partial charge < -0.3 is 10.0 Å². The van der Waals surface area contributed by atoms with Crippen LogP contribution < -0.4 is 4.90 Å². The molecule has 2 amide bonds. The maximum atomic E-state index is 12.5. The molecule has 20 heavy (non-hydrogen) atoms. The molecule has 0 saturated heterocycles. The molecule has 0 bridgehead atoms. The number of anilines is 1. The van der Waals surface area contributed by atoms with Crippen LogP contribution in [-0.4, -0.2) is 41.6 Å². The summed E-state index contributed by atoms with van der Waals surface area (Å²) in [5, 5.41) is 9.02. The molecule has 0 heterocycles. The number of amides is 2. The Morgan fingerprint density at radius 1 is 1.30 bits per heavy atom. The molecule has 5 nitrogen and oxygen atoms in total. The summed E-state index contributed by atoms with van der Waals surface area (Å²) in [5.41, 5.74) is 0.606. The summed E-state index contributed by atoms with van der Waals surface area (Å²) in [4.78, 5) is 26.5. The predicted octanol–water partition coefficient (Wildman–Crippen LogP) is 2.43. The van der Waals surface area contributed by atoms with Crippen molar-refractivity contribution in [2.75, 3.05) is 18.5 Å². The Kier molecular flexibility index (Phi) is 4.27. The van der Waals surface area contributed by atoms with E-state index in [9.17, 15) is 9.59 Å². The second-order valence-corrected chi connectivity index (χ2v) is 5.29. The van der Waals surface area contributed by atoms with E-state index in [1.54, 1.807) is 36.2 Å². The lowest BCUT2D eigenvalue weighted by Gasteiger charge is -2.31. The molecule has 1 aromatic carbocycles. The first kappa shape index (κ1) is 14.4. The Morgan fingerprint density at radius 3 is 2.40 bits per heavy atom. The quantitative estimate of drug-likeness (QED) is 0.898. The number of carboxylic acids is 1. The molecule has 108 valence electrons. The standard InChI is InChI=1S/C15H20N2O3/c1-11(12-8-9-12)16(2)15(20)17(10-14(18)19)13-6-4-3-5-7-13/h3-7,11-12H,8-10H2,1-2H3,(H,18,19). The van der Waals surface area contributed by atoms with E-state index in [0.717, 1.165) is 12.8 Å². The van der Waals surface area contributed by atoms with Crippen LogP contribution in [0.25, 0.3) is 0 Å². The number of benzene rings is 1. The highest BCUT2D eigenvalue weighted by atomic mass is 16.4. The third-order valence-corrected chi connectivity index (χ3v) is 3.81. The number of para-hydroxylation sites is 1. The van der Waals surface area contributed by atoms with Crippen molar-refractivity contribution in [2.45, 2.75) is 25.8 Å². The molecular weight excluding hydrogens is 256 g/mol. The van der Waals surface area contributed by atoms with Crippen LogP contribution in [0.2, 0.25) is 0 Å². The summed E-state index contributed by atoms with van der Waals surface area (Å²) in [6, 6.07) is 8.79. The van der Waals surface area contributed by atoms with Gasteiger partial charge in [0.15, 0.2) is 0 Å². The lowest BCUT2D eigenvalue weighted by molar-refractivity contribution is -0.135. The van der Waals surface area contributed by atoms with Crippen LogP contribution in [0.3, 0.4) is 0 Å². The first-order valence-electron chi connectivity index (χ1n) is 6.82. The summed E-state index contributed by atoms with van der Waals surface area (Å²) in [5.74, 6) is -0.471. The maximum Gasteiger partial charge on any atom is 0.325 e. The van der Waals surface area contributed by atoms with Gasteiger partial charge in [0.05, 0.1) is 0 Å². The summed E-state index contributed by atoms with van der Waals surface area (Å²) in [6.45, 7) is 1.68. The Bertz CT molecular complexity index is 485. The van der Waals surface area contributed by atoms with Crippen molar-refractivity contribution in [1.29, 1.82) is 0 Å². The molecule has 0 spiro atoms.